The maximum Gasteiger partial charge on any atom is 0.387 e. The number of rotatable bonds is 10. The van der Waals surface area contributed by atoms with E-state index in [1.165, 1.54) is 30.6 Å². The van der Waals surface area contributed by atoms with Crippen LogP contribution in [0.1, 0.15) is 30.1 Å². The van der Waals surface area contributed by atoms with Crippen molar-refractivity contribution in [3.8, 4) is 11.5 Å². The number of hydrogen-bond donors (Lipinski definition) is 1. The number of aliphatic hydroxyl groups is 1. The van der Waals surface area contributed by atoms with E-state index in [4.69, 9.17) is 37.8 Å². The lowest BCUT2D eigenvalue weighted by Crippen LogP contribution is -2.17. The Bertz CT molecular complexity index is 875. The monoisotopic (exact) mass is 461 g/mol. The molecule has 1 atom stereocenters. The van der Waals surface area contributed by atoms with Crippen LogP contribution in [-0.2, 0) is 16.0 Å². The Morgan fingerprint density at radius 3 is 2.50 bits per heavy atom. The van der Waals surface area contributed by atoms with Crippen molar-refractivity contribution in [2.24, 2.45) is 5.92 Å². The van der Waals surface area contributed by atoms with Gasteiger partial charge in [-0.3, -0.25) is 4.98 Å². The van der Waals surface area contributed by atoms with Crippen molar-refractivity contribution in [3.05, 3.63) is 51.8 Å². The summed E-state index contributed by atoms with van der Waals surface area (Å²) in [6.07, 6.45) is 3.99. The van der Waals surface area contributed by atoms with Crippen LogP contribution in [0.25, 0.3) is 0 Å². The highest BCUT2D eigenvalue weighted by atomic mass is 35.5. The predicted octanol–water partition coefficient (Wildman–Crippen LogP) is 4.60. The Morgan fingerprint density at radius 2 is 1.90 bits per heavy atom. The summed E-state index contributed by atoms with van der Waals surface area (Å²) in [5.74, 6) is -0.501. The third-order valence-corrected chi connectivity index (χ3v) is 5.12. The summed E-state index contributed by atoms with van der Waals surface area (Å²) in [4.78, 5) is 15.7. The summed E-state index contributed by atoms with van der Waals surface area (Å²) < 4.78 is 41.1. The third-order valence-electron chi connectivity index (χ3n) is 4.47. The summed E-state index contributed by atoms with van der Waals surface area (Å²) in [7, 11) is 0. The van der Waals surface area contributed by atoms with Crippen molar-refractivity contribution in [1.29, 1.82) is 0 Å². The zero-order valence-corrected chi connectivity index (χ0v) is 17.2. The van der Waals surface area contributed by atoms with E-state index < -0.39 is 25.3 Å². The Balaban J connectivity index is 1.92. The van der Waals surface area contributed by atoms with Crippen LogP contribution in [-0.4, -0.2) is 35.9 Å². The van der Waals surface area contributed by atoms with Crippen molar-refractivity contribution < 1.29 is 32.9 Å². The number of benzene rings is 1. The van der Waals surface area contributed by atoms with Gasteiger partial charge in [0.05, 0.1) is 16.7 Å². The molecule has 1 aliphatic carbocycles. The molecule has 0 radical (unpaired) electrons. The summed E-state index contributed by atoms with van der Waals surface area (Å²) in [5, 5.41) is 9.64. The molecule has 0 spiro atoms. The second-order valence-corrected chi connectivity index (χ2v) is 7.58. The average Bonchev–Trinajstić information content (AvgIpc) is 3.53. The molecule has 1 fully saturated rings. The molecule has 0 saturated heterocycles. The van der Waals surface area contributed by atoms with Gasteiger partial charge in [0.25, 0.3) is 0 Å². The van der Waals surface area contributed by atoms with E-state index in [0.29, 0.717) is 23.7 Å². The zero-order chi connectivity index (χ0) is 21.7. The van der Waals surface area contributed by atoms with Crippen LogP contribution in [0.5, 0.6) is 11.5 Å². The Kier molecular flexibility index (Phi) is 7.69. The van der Waals surface area contributed by atoms with E-state index in [1.807, 2.05) is 0 Å². The number of ether oxygens (including phenoxy) is 3. The number of esters is 1. The van der Waals surface area contributed by atoms with Crippen LogP contribution in [0.2, 0.25) is 10.0 Å². The van der Waals surface area contributed by atoms with Gasteiger partial charge in [0, 0.05) is 18.8 Å². The van der Waals surface area contributed by atoms with Crippen LogP contribution in [0.15, 0.2) is 30.6 Å². The quantitative estimate of drug-likeness (QED) is 0.521. The first kappa shape index (κ1) is 22.5. The second-order valence-electron chi connectivity index (χ2n) is 6.76. The molecule has 0 aliphatic heterocycles. The van der Waals surface area contributed by atoms with Gasteiger partial charge < -0.3 is 19.3 Å². The topological polar surface area (TPSA) is 77.9 Å². The van der Waals surface area contributed by atoms with E-state index in [0.717, 1.165) is 12.8 Å². The minimum absolute atomic E-state index is 0.0725. The second kappa shape index (κ2) is 10.2. The molecule has 1 aliphatic rings. The van der Waals surface area contributed by atoms with Crippen molar-refractivity contribution in [2.75, 3.05) is 13.2 Å². The van der Waals surface area contributed by atoms with Crippen molar-refractivity contribution in [1.82, 2.24) is 4.98 Å². The molecule has 2 aromatic rings. The molecule has 1 aromatic carbocycles. The molecule has 162 valence electrons. The molecule has 1 N–H and O–H groups in total. The Labute approximate surface area is 181 Å². The van der Waals surface area contributed by atoms with E-state index in [2.05, 4.69) is 9.72 Å². The van der Waals surface area contributed by atoms with Gasteiger partial charge >= 0.3 is 12.6 Å². The number of aromatic nitrogens is 1. The third kappa shape index (κ3) is 6.17. The van der Waals surface area contributed by atoms with Gasteiger partial charge in [0.1, 0.15) is 12.7 Å². The van der Waals surface area contributed by atoms with Crippen LogP contribution in [0.3, 0.4) is 0 Å². The number of hydrogen-bond acceptors (Lipinski definition) is 6. The summed E-state index contributed by atoms with van der Waals surface area (Å²) >= 11 is 12.3. The van der Waals surface area contributed by atoms with Gasteiger partial charge in [-0.2, -0.15) is 8.78 Å². The fraction of sp³-hybridized carbons (Fsp3) is 0.400. The van der Waals surface area contributed by atoms with Crippen LogP contribution >= 0.6 is 23.2 Å². The standard InChI is InChI=1S/C20H19Cl2F2NO5/c21-14-7-25-8-15(22)13(14)6-17(29-19(27)9-26)12-3-4-16(30-20(23)24)18(5-12)28-10-11-1-2-11/h3-5,7-8,11,17,20,26H,1-2,6,9-10H2/t17-/m0/s1. The zero-order valence-electron chi connectivity index (χ0n) is 15.7. The molecule has 30 heavy (non-hydrogen) atoms. The molecular weight excluding hydrogens is 443 g/mol. The molecule has 1 heterocycles. The maximum atomic E-state index is 12.8. The molecule has 0 bridgehead atoms. The van der Waals surface area contributed by atoms with Gasteiger partial charge in [-0.25, -0.2) is 4.79 Å². The van der Waals surface area contributed by atoms with Crippen LogP contribution in [0, 0.1) is 5.92 Å². The largest absolute Gasteiger partial charge is 0.489 e. The number of halogens is 4. The summed E-state index contributed by atoms with van der Waals surface area (Å²) in [5.41, 5.74) is 0.922. The van der Waals surface area contributed by atoms with Gasteiger partial charge in [-0.1, -0.05) is 29.3 Å². The molecule has 3 rings (SSSR count). The Hall–Kier alpha value is -2.16. The van der Waals surface area contributed by atoms with Crippen molar-refractivity contribution in [2.45, 2.75) is 32.0 Å². The number of aliphatic hydroxyl groups excluding tert-OH is 1. The lowest BCUT2D eigenvalue weighted by molar-refractivity contribution is -0.152. The van der Waals surface area contributed by atoms with Crippen LogP contribution < -0.4 is 9.47 Å². The maximum absolute atomic E-state index is 12.8. The minimum Gasteiger partial charge on any atom is -0.489 e. The SMILES string of the molecule is O=C(CO)O[C@@H](Cc1c(Cl)cncc1Cl)c1ccc(OC(F)F)c(OCC2CC2)c1. The highest BCUT2D eigenvalue weighted by Gasteiger charge is 2.25. The van der Waals surface area contributed by atoms with Gasteiger partial charge in [0.2, 0.25) is 0 Å². The lowest BCUT2D eigenvalue weighted by Gasteiger charge is -2.21. The first-order chi connectivity index (χ1) is 14.4. The lowest BCUT2D eigenvalue weighted by atomic mass is 10.0. The fourth-order valence-corrected chi connectivity index (χ4v) is 3.28. The fourth-order valence-electron chi connectivity index (χ4n) is 2.77. The number of alkyl halides is 2. The molecule has 1 aromatic heterocycles. The minimum atomic E-state index is -3.02. The number of pyridine rings is 1. The molecule has 6 nitrogen and oxygen atoms in total. The summed E-state index contributed by atoms with van der Waals surface area (Å²) in [6.45, 7) is -3.48. The van der Waals surface area contributed by atoms with Gasteiger partial charge in [-0.15, -0.1) is 0 Å². The number of carbonyl (C=O) groups excluding carboxylic acids is 1. The number of nitrogens with zero attached hydrogens (tertiary/aromatic N) is 1. The van der Waals surface area contributed by atoms with Crippen molar-refractivity contribution in [3.63, 3.8) is 0 Å². The normalized spacial score (nSPS) is 14.5. The van der Waals surface area contributed by atoms with Gasteiger partial charge in [0.15, 0.2) is 11.5 Å². The highest BCUT2D eigenvalue weighted by molar-refractivity contribution is 6.35. The molecule has 10 heteroatoms. The van der Waals surface area contributed by atoms with E-state index >= 15 is 0 Å². The smallest absolute Gasteiger partial charge is 0.387 e. The summed E-state index contributed by atoms with van der Waals surface area (Å²) in [6, 6.07) is 4.26. The number of carbonyl (C=O) groups is 1. The van der Waals surface area contributed by atoms with E-state index in [9.17, 15) is 13.6 Å². The van der Waals surface area contributed by atoms with Crippen LogP contribution in [0.4, 0.5) is 8.78 Å². The molecular formula is C20H19Cl2F2NO5. The molecule has 0 amide bonds. The van der Waals surface area contributed by atoms with E-state index in [-0.39, 0.29) is 28.0 Å². The first-order valence-electron chi connectivity index (χ1n) is 9.17. The van der Waals surface area contributed by atoms with Crippen molar-refractivity contribution >= 4 is 29.2 Å². The van der Waals surface area contributed by atoms with Gasteiger partial charge in [-0.05, 0) is 42.0 Å². The van der Waals surface area contributed by atoms with E-state index in [1.54, 1.807) is 0 Å². The predicted molar refractivity (Wildman–Crippen MR) is 105 cm³/mol. The Morgan fingerprint density at radius 1 is 1.20 bits per heavy atom. The average molecular weight is 462 g/mol. The first-order valence-corrected chi connectivity index (χ1v) is 9.92. The molecule has 1 saturated carbocycles. The highest BCUT2D eigenvalue weighted by Crippen LogP contribution is 2.37. The molecule has 0 unspecified atom stereocenters.